The zero-order valence-corrected chi connectivity index (χ0v) is 19.0. The van der Waals surface area contributed by atoms with Crippen LogP contribution in [0.25, 0.3) is 0 Å². The first-order valence-electron chi connectivity index (χ1n) is 11.1. The lowest BCUT2D eigenvalue weighted by molar-refractivity contribution is 0.0697. The largest absolute Gasteiger partial charge is 0.478 e. The Morgan fingerprint density at radius 3 is 2.27 bits per heavy atom. The van der Waals surface area contributed by atoms with Gasteiger partial charge in [-0.15, -0.1) is 0 Å². The van der Waals surface area contributed by atoms with Gasteiger partial charge in [0.15, 0.2) is 11.6 Å². The maximum Gasteiger partial charge on any atom is 0.337 e. The number of nitrogens with zero attached hydrogens (tertiary/aromatic N) is 2. The molecule has 2 aromatic rings. The van der Waals surface area contributed by atoms with Crippen molar-refractivity contribution < 1.29 is 27.1 Å². The number of halogens is 2. The van der Waals surface area contributed by atoms with Gasteiger partial charge < -0.3 is 14.9 Å². The molecule has 2 aromatic carbocycles. The lowest BCUT2D eigenvalue weighted by atomic mass is 9.98. The lowest BCUT2D eigenvalue weighted by Gasteiger charge is -2.41. The number of hydrogen-bond acceptors (Lipinski definition) is 5. The van der Waals surface area contributed by atoms with Crippen LogP contribution in [0.3, 0.4) is 0 Å². The van der Waals surface area contributed by atoms with Crippen LogP contribution in [-0.4, -0.2) is 56.6 Å². The minimum Gasteiger partial charge on any atom is -0.478 e. The SMILES string of the molecule is O=C(O)c1cc(NS(=O)(=O)c2ccc(F)c(F)c2)ccc1N1CCC(N2CCCCC2)CC1. The van der Waals surface area contributed by atoms with E-state index in [0.29, 0.717) is 17.8 Å². The number of sulfonamides is 1. The standard InChI is InChI=1S/C23H27F2N3O4S/c24-20-6-5-18(15-21(20)25)33(31,32)26-16-4-7-22(19(14-16)23(29)30)28-12-8-17(9-13-28)27-10-2-1-3-11-27/h4-7,14-15,17,26H,1-3,8-13H2,(H,29,30). The topological polar surface area (TPSA) is 89.9 Å². The average molecular weight is 480 g/mol. The van der Waals surface area contributed by atoms with Crippen LogP contribution < -0.4 is 9.62 Å². The van der Waals surface area contributed by atoms with Crippen LogP contribution >= 0.6 is 0 Å². The highest BCUT2D eigenvalue weighted by Gasteiger charge is 2.28. The normalized spacial score (nSPS) is 18.3. The highest BCUT2D eigenvalue weighted by molar-refractivity contribution is 7.92. The lowest BCUT2D eigenvalue weighted by Crippen LogP contribution is -2.47. The Hall–Kier alpha value is -2.72. The van der Waals surface area contributed by atoms with E-state index in [9.17, 15) is 27.1 Å². The van der Waals surface area contributed by atoms with Gasteiger partial charge >= 0.3 is 5.97 Å². The Kier molecular flexibility index (Phi) is 6.85. The molecule has 7 nitrogen and oxygen atoms in total. The molecule has 10 heteroatoms. The van der Waals surface area contributed by atoms with Crippen molar-refractivity contribution in [2.45, 2.75) is 43.0 Å². The number of benzene rings is 2. The molecule has 0 bridgehead atoms. The minimum absolute atomic E-state index is 0.0168. The van der Waals surface area contributed by atoms with Crippen LogP contribution in [-0.2, 0) is 10.0 Å². The number of hydrogen-bond donors (Lipinski definition) is 2. The van der Waals surface area contributed by atoms with Gasteiger partial charge in [0.05, 0.1) is 16.1 Å². The summed E-state index contributed by atoms with van der Waals surface area (Å²) in [7, 11) is -4.22. The maximum atomic E-state index is 13.5. The second kappa shape index (κ2) is 9.64. The van der Waals surface area contributed by atoms with Crippen LogP contribution in [0.15, 0.2) is 41.3 Å². The Labute approximate surface area is 192 Å². The molecule has 178 valence electrons. The smallest absolute Gasteiger partial charge is 0.337 e. The molecule has 0 spiro atoms. The van der Waals surface area contributed by atoms with Gasteiger partial charge in [-0.1, -0.05) is 6.42 Å². The summed E-state index contributed by atoms with van der Waals surface area (Å²) in [5, 5.41) is 9.76. The van der Waals surface area contributed by atoms with Crippen molar-refractivity contribution in [2.75, 3.05) is 35.8 Å². The van der Waals surface area contributed by atoms with Crippen molar-refractivity contribution >= 4 is 27.4 Å². The summed E-state index contributed by atoms with van der Waals surface area (Å²) in [5.41, 5.74) is 0.552. The third-order valence-corrected chi connectivity index (χ3v) is 7.77. The number of rotatable bonds is 6. The number of anilines is 2. The van der Waals surface area contributed by atoms with Crippen molar-refractivity contribution in [1.29, 1.82) is 0 Å². The van der Waals surface area contributed by atoms with Gasteiger partial charge in [0.2, 0.25) is 0 Å². The van der Waals surface area contributed by atoms with Crippen LogP contribution in [0.1, 0.15) is 42.5 Å². The first-order chi connectivity index (χ1) is 15.7. The molecule has 2 N–H and O–H groups in total. The third kappa shape index (κ3) is 5.27. The number of carboxylic acid groups (broad SMARTS) is 1. The van der Waals surface area contributed by atoms with Crippen LogP contribution in [0.4, 0.5) is 20.2 Å². The van der Waals surface area contributed by atoms with Crippen molar-refractivity contribution in [3.63, 3.8) is 0 Å². The molecule has 0 saturated carbocycles. The molecule has 4 rings (SSSR count). The molecule has 0 aliphatic carbocycles. The average Bonchev–Trinajstić information content (AvgIpc) is 2.81. The number of carboxylic acids is 1. The molecule has 0 amide bonds. The molecule has 2 aliphatic heterocycles. The van der Waals surface area contributed by atoms with E-state index in [0.717, 1.165) is 51.2 Å². The summed E-state index contributed by atoms with van der Waals surface area (Å²) < 4.78 is 54.0. The fourth-order valence-corrected chi connectivity index (χ4v) is 5.72. The number of piperidine rings is 2. The molecule has 2 fully saturated rings. The maximum absolute atomic E-state index is 13.5. The molecule has 0 unspecified atom stereocenters. The minimum atomic E-state index is -4.22. The van der Waals surface area contributed by atoms with Gasteiger partial charge in [-0.25, -0.2) is 22.0 Å². The molecular formula is C23H27F2N3O4S. The molecule has 0 atom stereocenters. The summed E-state index contributed by atoms with van der Waals surface area (Å²) in [6, 6.07) is 7.09. The number of likely N-dealkylation sites (tertiary alicyclic amines) is 1. The second-order valence-corrected chi connectivity index (χ2v) is 10.2. The van der Waals surface area contributed by atoms with Gasteiger partial charge in [-0.05, 0) is 75.2 Å². The fraction of sp³-hybridized carbons (Fsp3) is 0.435. The van der Waals surface area contributed by atoms with Gasteiger partial charge in [0.25, 0.3) is 10.0 Å². The summed E-state index contributed by atoms with van der Waals surface area (Å²) in [6.45, 7) is 3.69. The van der Waals surface area contributed by atoms with E-state index in [1.807, 2.05) is 4.90 Å². The zero-order valence-electron chi connectivity index (χ0n) is 18.1. The Bertz CT molecular complexity index is 1130. The predicted octanol–water partition coefficient (Wildman–Crippen LogP) is 3.92. The van der Waals surface area contributed by atoms with E-state index in [1.54, 1.807) is 6.07 Å². The first kappa shape index (κ1) is 23.4. The summed E-state index contributed by atoms with van der Waals surface area (Å²) in [5.74, 6) is -3.61. The summed E-state index contributed by atoms with van der Waals surface area (Å²) in [6.07, 6.45) is 5.63. The Balaban J connectivity index is 1.50. The third-order valence-electron chi connectivity index (χ3n) is 6.39. The van der Waals surface area contributed by atoms with Crippen LogP contribution in [0, 0.1) is 11.6 Å². The zero-order chi connectivity index (χ0) is 23.6. The van der Waals surface area contributed by atoms with E-state index < -0.39 is 32.5 Å². The Morgan fingerprint density at radius 1 is 0.939 bits per heavy atom. The fourth-order valence-electron chi connectivity index (χ4n) is 4.66. The van der Waals surface area contributed by atoms with Crippen LogP contribution in [0.2, 0.25) is 0 Å². The number of carbonyl (C=O) groups is 1. The first-order valence-corrected chi connectivity index (χ1v) is 12.6. The van der Waals surface area contributed by atoms with E-state index >= 15 is 0 Å². The molecule has 33 heavy (non-hydrogen) atoms. The monoisotopic (exact) mass is 479 g/mol. The van der Waals surface area contributed by atoms with Crippen LogP contribution in [0.5, 0.6) is 0 Å². The number of nitrogens with one attached hydrogen (secondary N) is 1. The second-order valence-electron chi connectivity index (χ2n) is 8.53. The van der Waals surface area contributed by atoms with Crippen molar-refractivity contribution in [2.24, 2.45) is 0 Å². The molecular weight excluding hydrogens is 452 g/mol. The van der Waals surface area contributed by atoms with Gasteiger partial charge in [-0.2, -0.15) is 0 Å². The van der Waals surface area contributed by atoms with Gasteiger partial charge in [0.1, 0.15) is 0 Å². The molecule has 2 saturated heterocycles. The molecule has 2 heterocycles. The van der Waals surface area contributed by atoms with Crippen molar-refractivity contribution in [3.8, 4) is 0 Å². The van der Waals surface area contributed by atoms with E-state index in [2.05, 4.69) is 9.62 Å². The van der Waals surface area contributed by atoms with Crippen molar-refractivity contribution in [1.82, 2.24) is 4.90 Å². The van der Waals surface area contributed by atoms with E-state index in [4.69, 9.17) is 0 Å². The van der Waals surface area contributed by atoms with E-state index in [-0.39, 0.29) is 11.3 Å². The van der Waals surface area contributed by atoms with Crippen molar-refractivity contribution in [3.05, 3.63) is 53.6 Å². The summed E-state index contributed by atoms with van der Waals surface area (Å²) >= 11 is 0. The molecule has 2 aliphatic rings. The number of aromatic carboxylic acids is 1. The van der Waals surface area contributed by atoms with E-state index in [1.165, 1.54) is 31.4 Å². The van der Waals surface area contributed by atoms with Gasteiger partial charge in [-0.3, -0.25) is 4.72 Å². The highest BCUT2D eigenvalue weighted by Crippen LogP contribution is 2.30. The molecule has 0 radical (unpaired) electrons. The van der Waals surface area contributed by atoms with Gasteiger partial charge in [0, 0.05) is 24.8 Å². The Morgan fingerprint density at radius 2 is 1.64 bits per heavy atom. The predicted molar refractivity (Wildman–Crippen MR) is 121 cm³/mol. The summed E-state index contributed by atoms with van der Waals surface area (Å²) in [4.78, 5) is 16.0. The highest BCUT2D eigenvalue weighted by atomic mass is 32.2. The molecule has 0 aromatic heterocycles. The quantitative estimate of drug-likeness (QED) is 0.653.